The van der Waals surface area contributed by atoms with Crippen molar-refractivity contribution in [3.8, 4) is 11.3 Å². The Morgan fingerprint density at radius 1 is 1.06 bits per heavy atom. The summed E-state index contributed by atoms with van der Waals surface area (Å²) >= 11 is 0. The van der Waals surface area contributed by atoms with Crippen LogP contribution in [0.1, 0.15) is 96.4 Å². The molecular formula is C49H79N9O4. The molecule has 1 aromatic carbocycles. The predicted molar refractivity (Wildman–Crippen MR) is 252 cm³/mol. The highest BCUT2D eigenvalue weighted by Gasteiger charge is 2.49. The van der Waals surface area contributed by atoms with E-state index in [2.05, 4.69) is 99.8 Å². The number of piperazine rings is 1. The quantitative estimate of drug-likeness (QED) is 0.128. The number of carbonyl (C=O) groups excluding carboxylic acids is 1. The van der Waals surface area contributed by atoms with Crippen LogP contribution in [0.4, 0.5) is 11.4 Å². The summed E-state index contributed by atoms with van der Waals surface area (Å²) in [5.41, 5.74) is 17.9. The van der Waals surface area contributed by atoms with Crippen LogP contribution in [0.5, 0.6) is 0 Å². The molecule has 5 fully saturated rings. The van der Waals surface area contributed by atoms with E-state index in [1.807, 2.05) is 0 Å². The number of likely N-dealkylation sites (tertiary alicyclic amines) is 1. The van der Waals surface area contributed by atoms with Gasteiger partial charge in [-0.1, -0.05) is 20.3 Å². The molecule has 0 bridgehead atoms. The van der Waals surface area contributed by atoms with Crippen molar-refractivity contribution in [1.29, 1.82) is 0 Å². The molecule has 3 unspecified atom stereocenters. The molecule has 5 heterocycles. The van der Waals surface area contributed by atoms with Crippen LogP contribution in [-0.4, -0.2) is 154 Å². The van der Waals surface area contributed by atoms with Gasteiger partial charge in [-0.25, -0.2) is 5.01 Å². The Bertz CT molecular complexity index is 1910. The Morgan fingerprint density at radius 3 is 2.39 bits per heavy atom. The number of aliphatic hydroxyl groups is 1. The lowest BCUT2D eigenvalue weighted by atomic mass is 9.63. The van der Waals surface area contributed by atoms with Gasteiger partial charge < -0.3 is 39.5 Å². The lowest BCUT2D eigenvalue weighted by Gasteiger charge is -2.59. The number of hydrogen-bond acceptors (Lipinski definition) is 12. The molecule has 0 radical (unpaired) electrons. The third kappa shape index (κ3) is 10.7. The highest BCUT2D eigenvalue weighted by Crippen LogP contribution is 2.49. The number of benzene rings is 1. The maximum atomic E-state index is 12.0. The smallest absolute Gasteiger partial charge is 0.138 e. The number of nitrogens with zero attached hydrogens (tertiary/aromatic N) is 7. The number of ether oxygens (including phenoxy) is 2. The lowest BCUT2D eigenvalue weighted by molar-refractivity contribution is -0.116. The molecule has 4 N–H and O–H groups in total. The topological polar surface area (TPSA) is 128 Å². The van der Waals surface area contributed by atoms with Gasteiger partial charge in [-0.3, -0.25) is 20.2 Å². The van der Waals surface area contributed by atoms with Gasteiger partial charge in [-0.15, -0.1) is 0 Å². The van der Waals surface area contributed by atoms with E-state index in [1.54, 1.807) is 14.2 Å². The van der Waals surface area contributed by atoms with E-state index >= 15 is 0 Å². The Kier molecular flexibility index (Phi) is 15.7. The van der Waals surface area contributed by atoms with Crippen molar-refractivity contribution in [2.45, 2.75) is 116 Å². The number of methoxy groups -OCH3 is 2. The number of hydrazine groups is 1. The van der Waals surface area contributed by atoms with Crippen molar-refractivity contribution in [3.63, 3.8) is 0 Å². The van der Waals surface area contributed by atoms with Crippen LogP contribution in [0.15, 0.2) is 30.5 Å². The third-order valence-corrected chi connectivity index (χ3v) is 14.6. The van der Waals surface area contributed by atoms with Gasteiger partial charge >= 0.3 is 0 Å². The molecule has 3 aliphatic heterocycles. The van der Waals surface area contributed by atoms with Gasteiger partial charge in [0.25, 0.3) is 0 Å². The second-order valence-corrected chi connectivity index (χ2v) is 19.9. The minimum atomic E-state index is -0.526. The zero-order chi connectivity index (χ0) is 44.0. The number of aromatic nitrogens is 2. The van der Waals surface area contributed by atoms with Crippen molar-refractivity contribution in [1.82, 2.24) is 29.8 Å². The fourth-order valence-corrected chi connectivity index (χ4v) is 10.7. The molecule has 3 atom stereocenters. The molecule has 5 aliphatic rings. The molecule has 2 saturated carbocycles. The van der Waals surface area contributed by atoms with Gasteiger partial charge in [0.1, 0.15) is 6.29 Å². The fraction of sp³-hybridized carbons (Fsp3) is 0.714. The van der Waals surface area contributed by atoms with Gasteiger partial charge in [0.2, 0.25) is 0 Å². The van der Waals surface area contributed by atoms with E-state index in [4.69, 9.17) is 20.2 Å². The zero-order valence-electron chi connectivity index (χ0n) is 39.2. The molecule has 13 heteroatoms. The first-order valence-corrected chi connectivity index (χ1v) is 23.8. The first-order valence-electron chi connectivity index (χ1n) is 23.8. The van der Waals surface area contributed by atoms with E-state index in [0.717, 1.165) is 100 Å². The number of fused-ring (bicyclic) bond motifs is 1. The van der Waals surface area contributed by atoms with E-state index in [9.17, 15) is 9.90 Å². The van der Waals surface area contributed by atoms with Crippen LogP contribution in [0, 0.1) is 10.8 Å². The normalized spacial score (nSPS) is 21.2. The predicted octanol–water partition coefficient (Wildman–Crippen LogP) is 5.72. The van der Waals surface area contributed by atoms with Crippen LogP contribution in [0.2, 0.25) is 0 Å². The maximum Gasteiger partial charge on any atom is 0.138 e. The van der Waals surface area contributed by atoms with Crippen LogP contribution < -0.4 is 21.0 Å². The Hall–Kier alpha value is -3.14. The first-order chi connectivity index (χ1) is 29.9. The number of pyridine rings is 1. The summed E-state index contributed by atoms with van der Waals surface area (Å²) < 4.78 is 14.2. The van der Waals surface area contributed by atoms with Crippen molar-refractivity contribution < 1.29 is 19.4 Å². The van der Waals surface area contributed by atoms with Crippen LogP contribution in [-0.2, 0) is 27.2 Å². The largest absolute Gasteiger partial charge is 0.395 e. The van der Waals surface area contributed by atoms with Crippen molar-refractivity contribution in [3.05, 3.63) is 41.7 Å². The molecule has 0 amide bonds. The number of nitrogens with one attached hydrogen (secondary N) is 1. The molecule has 3 aromatic rings. The van der Waals surface area contributed by atoms with Crippen LogP contribution in [0.3, 0.4) is 0 Å². The van der Waals surface area contributed by atoms with Gasteiger partial charge in [-0.05, 0) is 106 Å². The fourth-order valence-electron chi connectivity index (χ4n) is 10.7. The molecule has 2 aliphatic carbocycles. The molecule has 8 rings (SSSR count). The minimum absolute atomic E-state index is 0.00974. The van der Waals surface area contributed by atoms with Gasteiger partial charge in [0, 0.05) is 127 Å². The van der Waals surface area contributed by atoms with E-state index in [0.29, 0.717) is 25.1 Å². The lowest BCUT2D eigenvalue weighted by Crippen LogP contribution is -2.66. The van der Waals surface area contributed by atoms with Crippen molar-refractivity contribution >= 4 is 28.6 Å². The highest BCUT2D eigenvalue weighted by atomic mass is 16.5. The molecule has 3 saturated heterocycles. The summed E-state index contributed by atoms with van der Waals surface area (Å²) in [7, 11) is 5.63. The van der Waals surface area contributed by atoms with Gasteiger partial charge in [-0.2, -0.15) is 0 Å². The van der Waals surface area contributed by atoms with E-state index < -0.39 is 6.04 Å². The highest BCUT2D eigenvalue weighted by molar-refractivity contribution is 5.95. The molecule has 1 spiro atoms. The first kappa shape index (κ1) is 46.8. The Morgan fingerprint density at radius 2 is 1.82 bits per heavy atom. The molecule has 13 nitrogen and oxygen atoms in total. The SMILES string of the molecule is CCn1c(-c2cc(N3CCN(C4CC4)CC3)cnc2C(C)OC)c(CC(C)(C)COC)c2cc(N(CCO)CCC(C(N)C=O)N3CC4(CCC4)C3)ccc21.CN1CCCCN1. The maximum absolute atomic E-state index is 12.0. The monoisotopic (exact) mass is 858 g/mol. The number of carbonyl (C=O) groups is 1. The number of aldehydes is 1. The molecular weight excluding hydrogens is 779 g/mol. The average molecular weight is 858 g/mol. The zero-order valence-corrected chi connectivity index (χ0v) is 39.2. The molecule has 344 valence electrons. The van der Waals surface area contributed by atoms with Crippen molar-refractivity contribution in [2.24, 2.45) is 16.6 Å². The second-order valence-electron chi connectivity index (χ2n) is 19.9. The summed E-state index contributed by atoms with van der Waals surface area (Å²) in [4.78, 5) is 27.0. The van der Waals surface area contributed by atoms with Crippen LogP contribution >= 0.6 is 0 Å². The van der Waals surface area contributed by atoms with Gasteiger partial charge in [0.05, 0.1) is 48.6 Å². The van der Waals surface area contributed by atoms with E-state index in [-0.39, 0.29) is 24.2 Å². The molecule has 2 aromatic heterocycles. The summed E-state index contributed by atoms with van der Waals surface area (Å²) in [6.45, 7) is 20.2. The average Bonchev–Trinajstić information content (AvgIpc) is 4.06. The Balaban J connectivity index is 0.000000752. The number of hydrogen-bond donors (Lipinski definition) is 3. The number of anilines is 2. The standard InChI is InChI=1S/C44H67N7O4.C5H12N2/c1-7-51-39-12-11-33(47(21-22-52)16-13-40(38(45)27-53)50-28-44(29-50)14-8-15-44)23-35(39)37(25-43(3,4)30-54-5)42(51)36-24-34(26-46-41(36)31(2)55-6)49-19-17-48(18-20-49)32-9-10-32;1-7-5-3-2-4-6-7/h11-12,23-24,26-27,31-32,38,40,52H,7-10,13-22,25,28-30,45H2,1-6H3;6H,2-5H2,1H3. The summed E-state index contributed by atoms with van der Waals surface area (Å²) in [6, 6.07) is 9.41. The molecule has 62 heavy (non-hydrogen) atoms. The Labute approximate surface area is 372 Å². The number of nitrogens with two attached hydrogens (primary N) is 1. The van der Waals surface area contributed by atoms with Crippen molar-refractivity contribution in [2.75, 3.05) is 110 Å². The summed E-state index contributed by atoms with van der Waals surface area (Å²) in [5, 5.41) is 13.7. The van der Waals surface area contributed by atoms with Gasteiger partial charge in [0.15, 0.2) is 0 Å². The van der Waals surface area contributed by atoms with E-state index in [1.165, 1.54) is 73.7 Å². The number of rotatable bonds is 19. The van der Waals surface area contributed by atoms with Crippen LogP contribution in [0.25, 0.3) is 22.2 Å². The summed E-state index contributed by atoms with van der Waals surface area (Å²) in [6.07, 6.45) is 13.6. The summed E-state index contributed by atoms with van der Waals surface area (Å²) in [5.74, 6) is 0. The second kappa shape index (κ2) is 20.8. The minimum Gasteiger partial charge on any atom is -0.395 e. The third-order valence-electron chi connectivity index (χ3n) is 14.6. The number of aryl methyl sites for hydroxylation is 1. The number of aliphatic hydroxyl groups excluding tert-OH is 1.